The molecule has 0 aromatic heterocycles. The third-order valence-corrected chi connectivity index (χ3v) is 1.98. The summed E-state index contributed by atoms with van der Waals surface area (Å²) in [4.78, 5) is 23.6. The van der Waals surface area contributed by atoms with Crippen molar-refractivity contribution in [2.24, 2.45) is 0 Å². The molecule has 0 aliphatic carbocycles. The lowest BCUT2D eigenvalue weighted by molar-refractivity contribution is -0.109. The van der Waals surface area contributed by atoms with E-state index < -0.39 is 6.04 Å². The minimum atomic E-state index is -0.582. The van der Waals surface area contributed by atoms with E-state index >= 15 is 0 Å². The molecule has 0 aliphatic heterocycles. The van der Waals surface area contributed by atoms with Gasteiger partial charge in [-0.2, -0.15) is 0 Å². The SMILES string of the molecule is CN(C)C(=O)N[C@@H](C=O)c1ccccc1. The molecule has 0 bridgehead atoms. The molecule has 0 radical (unpaired) electrons. The molecule has 4 heteroatoms. The molecule has 0 saturated heterocycles. The number of nitrogens with one attached hydrogen (secondary N) is 1. The number of carbonyl (C=O) groups excluding carboxylic acids is 2. The van der Waals surface area contributed by atoms with Crippen LogP contribution in [0.25, 0.3) is 0 Å². The lowest BCUT2D eigenvalue weighted by Gasteiger charge is -2.16. The summed E-state index contributed by atoms with van der Waals surface area (Å²) in [5, 5.41) is 2.60. The van der Waals surface area contributed by atoms with Crippen LogP contribution in [0.5, 0.6) is 0 Å². The molecule has 1 atom stereocenters. The van der Waals surface area contributed by atoms with Gasteiger partial charge in [0, 0.05) is 14.1 Å². The van der Waals surface area contributed by atoms with E-state index in [4.69, 9.17) is 0 Å². The topological polar surface area (TPSA) is 49.4 Å². The Morgan fingerprint density at radius 1 is 1.33 bits per heavy atom. The molecule has 4 nitrogen and oxygen atoms in total. The third-order valence-electron chi connectivity index (χ3n) is 1.98. The van der Waals surface area contributed by atoms with E-state index in [0.717, 1.165) is 11.8 Å². The van der Waals surface area contributed by atoms with Gasteiger partial charge in [0.1, 0.15) is 12.3 Å². The van der Waals surface area contributed by atoms with E-state index in [1.807, 2.05) is 18.2 Å². The van der Waals surface area contributed by atoms with E-state index in [2.05, 4.69) is 5.32 Å². The van der Waals surface area contributed by atoms with Crippen LogP contribution in [0.2, 0.25) is 0 Å². The van der Waals surface area contributed by atoms with Crippen molar-refractivity contribution in [2.75, 3.05) is 14.1 Å². The van der Waals surface area contributed by atoms with E-state index in [-0.39, 0.29) is 6.03 Å². The normalized spacial score (nSPS) is 11.6. The summed E-state index contributed by atoms with van der Waals surface area (Å²) in [6.07, 6.45) is 0.719. The molecule has 0 fully saturated rings. The van der Waals surface area contributed by atoms with Crippen LogP contribution in [0.3, 0.4) is 0 Å². The first-order valence-corrected chi connectivity index (χ1v) is 4.63. The molecule has 1 N–H and O–H groups in total. The van der Waals surface area contributed by atoms with Crippen LogP contribution in [0, 0.1) is 0 Å². The first kappa shape index (κ1) is 11.2. The molecule has 1 aromatic carbocycles. The summed E-state index contributed by atoms with van der Waals surface area (Å²) in [5.74, 6) is 0. The highest BCUT2D eigenvalue weighted by atomic mass is 16.2. The van der Waals surface area contributed by atoms with Gasteiger partial charge in [0.05, 0.1) is 0 Å². The zero-order chi connectivity index (χ0) is 11.3. The minimum absolute atomic E-state index is 0.282. The Morgan fingerprint density at radius 2 is 1.93 bits per heavy atom. The number of nitrogens with zero attached hydrogens (tertiary/aromatic N) is 1. The van der Waals surface area contributed by atoms with Gasteiger partial charge in [0.15, 0.2) is 0 Å². The van der Waals surface area contributed by atoms with Crippen molar-refractivity contribution in [1.29, 1.82) is 0 Å². The first-order valence-electron chi connectivity index (χ1n) is 4.63. The van der Waals surface area contributed by atoms with Gasteiger partial charge in [-0.25, -0.2) is 4.79 Å². The van der Waals surface area contributed by atoms with Crippen LogP contribution in [0.1, 0.15) is 11.6 Å². The Balaban J connectivity index is 2.73. The number of urea groups is 1. The van der Waals surface area contributed by atoms with Crippen LogP contribution in [0.4, 0.5) is 4.79 Å². The zero-order valence-corrected chi connectivity index (χ0v) is 8.81. The quantitative estimate of drug-likeness (QED) is 0.755. The van der Waals surface area contributed by atoms with Crippen LogP contribution in [-0.2, 0) is 4.79 Å². The van der Waals surface area contributed by atoms with Crippen molar-refractivity contribution in [2.45, 2.75) is 6.04 Å². The molecule has 2 amide bonds. The Labute approximate surface area is 88.9 Å². The molecule has 1 aromatic rings. The fourth-order valence-corrected chi connectivity index (χ4v) is 1.12. The first-order chi connectivity index (χ1) is 7.15. The summed E-state index contributed by atoms with van der Waals surface area (Å²) < 4.78 is 0. The molecule has 0 saturated carbocycles. The van der Waals surface area contributed by atoms with Gasteiger partial charge >= 0.3 is 6.03 Å². The second-order valence-corrected chi connectivity index (χ2v) is 3.37. The fraction of sp³-hybridized carbons (Fsp3) is 0.273. The Bertz CT molecular complexity index is 336. The maximum Gasteiger partial charge on any atom is 0.317 e. The second kappa shape index (κ2) is 5.14. The molecular formula is C11H14N2O2. The van der Waals surface area contributed by atoms with Gasteiger partial charge in [-0.05, 0) is 5.56 Å². The standard InChI is InChI=1S/C11H14N2O2/c1-13(2)11(15)12-10(8-14)9-6-4-3-5-7-9/h3-8,10H,1-2H3,(H,12,15)/t10-/m0/s1. The maximum absolute atomic E-state index is 11.3. The van der Waals surface area contributed by atoms with Crippen LogP contribution >= 0.6 is 0 Å². The fourth-order valence-electron chi connectivity index (χ4n) is 1.12. The highest BCUT2D eigenvalue weighted by molar-refractivity contribution is 5.78. The van der Waals surface area contributed by atoms with E-state index in [1.54, 1.807) is 26.2 Å². The summed E-state index contributed by atoms with van der Waals surface area (Å²) in [7, 11) is 3.25. The van der Waals surface area contributed by atoms with E-state index in [1.165, 1.54) is 4.90 Å². The van der Waals surface area contributed by atoms with Crippen LogP contribution < -0.4 is 5.32 Å². The molecular weight excluding hydrogens is 192 g/mol. The average molecular weight is 206 g/mol. The van der Waals surface area contributed by atoms with E-state index in [9.17, 15) is 9.59 Å². The Morgan fingerprint density at radius 3 is 2.40 bits per heavy atom. The number of rotatable bonds is 3. The van der Waals surface area contributed by atoms with Crippen molar-refractivity contribution in [3.8, 4) is 0 Å². The van der Waals surface area contributed by atoms with Crippen LogP contribution in [-0.4, -0.2) is 31.3 Å². The Kier molecular flexibility index (Phi) is 3.85. The number of hydrogen-bond donors (Lipinski definition) is 1. The smallest absolute Gasteiger partial charge is 0.317 e. The number of aldehydes is 1. The summed E-state index contributed by atoms with van der Waals surface area (Å²) >= 11 is 0. The zero-order valence-electron chi connectivity index (χ0n) is 8.81. The van der Waals surface area contributed by atoms with E-state index in [0.29, 0.717) is 0 Å². The van der Waals surface area contributed by atoms with Gasteiger partial charge in [-0.15, -0.1) is 0 Å². The molecule has 80 valence electrons. The van der Waals surface area contributed by atoms with Crippen molar-refractivity contribution in [3.05, 3.63) is 35.9 Å². The predicted molar refractivity (Wildman–Crippen MR) is 57.5 cm³/mol. The lowest BCUT2D eigenvalue weighted by Crippen LogP contribution is -2.37. The maximum atomic E-state index is 11.3. The molecule has 0 aliphatic rings. The van der Waals surface area contributed by atoms with Gasteiger partial charge in [0.2, 0.25) is 0 Å². The molecule has 15 heavy (non-hydrogen) atoms. The number of hydrogen-bond acceptors (Lipinski definition) is 2. The molecule has 0 heterocycles. The van der Waals surface area contributed by atoms with Crippen molar-refractivity contribution in [1.82, 2.24) is 10.2 Å². The van der Waals surface area contributed by atoms with Gasteiger partial charge in [0.25, 0.3) is 0 Å². The highest BCUT2D eigenvalue weighted by Gasteiger charge is 2.13. The van der Waals surface area contributed by atoms with Gasteiger partial charge in [-0.3, -0.25) is 0 Å². The molecule has 0 unspecified atom stereocenters. The second-order valence-electron chi connectivity index (χ2n) is 3.37. The highest BCUT2D eigenvalue weighted by Crippen LogP contribution is 2.09. The van der Waals surface area contributed by atoms with Gasteiger partial charge in [-0.1, -0.05) is 30.3 Å². The number of carbonyl (C=O) groups is 2. The van der Waals surface area contributed by atoms with Crippen molar-refractivity contribution < 1.29 is 9.59 Å². The average Bonchev–Trinajstić information content (AvgIpc) is 2.26. The Hall–Kier alpha value is -1.84. The summed E-state index contributed by atoms with van der Waals surface area (Å²) in [6.45, 7) is 0. The van der Waals surface area contributed by atoms with Crippen molar-refractivity contribution >= 4 is 12.3 Å². The van der Waals surface area contributed by atoms with Crippen molar-refractivity contribution in [3.63, 3.8) is 0 Å². The summed E-state index contributed by atoms with van der Waals surface area (Å²) in [5.41, 5.74) is 0.780. The lowest BCUT2D eigenvalue weighted by atomic mass is 10.1. The molecule has 0 spiro atoms. The number of benzene rings is 1. The predicted octanol–water partition coefficient (Wildman–Crippen LogP) is 1.20. The minimum Gasteiger partial charge on any atom is -0.331 e. The van der Waals surface area contributed by atoms with Gasteiger partial charge < -0.3 is 15.0 Å². The van der Waals surface area contributed by atoms with Crippen LogP contribution in [0.15, 0.2) is 30.3 Å². The summed E-state index contributed by atoms with van der Waals surface area (Å²) in [6, 6.07) is 8.25. The number of amides is 2. The molecule has 1 rings (SSSR count). The largest absolute Gasteiger partial charge is 0.331 e. The monoisotopic (exact) mass is 206 g/mol. The third kappa shape index (κ3) is 3.09.